The van der Waals surface area contributed by atoms with Crippen molar-refractivity contribution in [1.82, 2.24) is 0 Å². The predicted molar refractivity (Wildman–Crippen MR) is 43.7 cm³/mol. The highest BCUT2D eigenvalue weighted by Crippen LogP contribution is 2.94. The van der Waals surface area contributed by atoms with Gasteiger partial charge in [-0.25, -0.2) is 0 Å². The molecule has 0 heteroatoms. The number of hydrogen-bond donors (Lipinski definition) is 0. The quantitative estimate of drug-likeness (QED) is 0.522. The van der Waals surface area contributed by atoms with E-state index in [0.717, 1.165) is 28.6 Å². The molecule has 2 fully saturated rings. The average Bonchev–Trinajstić information content (AvgIpc) is 2.47. The van der Waals surface area contributed by atoms with Gasteiger partial charge >= 0.3 is 0 Å². The van der Waals surface area contributed by atoms with Crippen molar-refractivity contribution in [2.45, 2.75) is 34.6 Å². The molecule has 0 nitrogen and oxygen atoms in total. The molecule has 0 spiro atoms. The molecule has 0 aliphatic heterocycles. The van der Waals surface area contributed by atoms with E-state index in [1.165, 1.54) is 0 Å². The summed E-state index contributed by atoms with van der Waals surface area (Å²) in [6.45, 7) is 12.0. The fourth-order valence-electron chi connectivity index (χ4n) is 3.85. The molecular weight excluding hydrogens is 120 g/mol. The Hall–Kier alpha value is 0. The maximum Gasteiger partial charge on any atom is -0.0199 e. The first-order valence-corrected chi connectivity index (χ1v) is 4.47. The van der Waals surface area contributed by atoms with Crippen LogP contribution in [0.2, 0.25) is 0 Å². The van der Waals surface area contributed by atoms with E-state index in [-0.39, 0.29) is 0 Å². The fraction of sp³-hybridized carbons (Fsp3) is 1.00. The minimum Gasteiger partial charge on any atom is -0.0625 e. The summed E-state index contributed by atoms with van der Waals surface area (Å²) < 4.78 is 0. The highest BCUT2D eigenvalue weighted by molar-refractivity contribution is 5.37. The second-order valence-electron chi connectivity index (χ2n) is 5.01. The Morgan fingerprint density at radius 1 is 1.10 bits per heavy atom. The van der Waals surface area contributed by atoms with E-state index in [4.69, 9.17) is 0 Å². The summed E-state index contributed by atoms with van der Waals surface area (Å²) in [4.78, 5) is 0. The van der Waals surface area contributed by atoms with Crippen molar-refractivity contribution in [3.63, 3.8) is 0 Å². The summed E-state index contributed by atoms with van der Waals surface area (Å²) in [5, 5.41) is 0. The Balaban J connectivity index is 2.14. The lowest BCUT2D eigenvalue weighted by Crippen LogP contribution is -2.13. The molecule has 10 heavy (non-hydrogen) atoms. The van der Waals surface area contributed by atoms with Crippen molar-refractivity contribution in [3.8, 4) is 0 Å². The van der Waals surface area contributed by atoms with Gasteiger partial charge in [0.15, 0.2) is 0 Å². The minimum atomic E-state index is 0.751. The van der Waals surface area contributed by atoms with Gasteiger partial charge in [0.2, 0.25) is 0 Å². The van der Waals surface area contributed by atoms with E-state index in [1.807, 2.05) is 0 Å². The van der Waals surface area contributed by atoms with Crippen LogP contribution >= 0.6 is 0 Å². The standard InChI is InChI=1S/C10H18/c1-6(2)8-9(4)7(3)10(8,9)5/h6-8H,1-5H3. The van der Waals surface area contributed by atoms with E-state index in [2.05, 4.69) is 34.6 Å². The highest BCUT2D eigenvalue weighted by Gasteiger charge is 2.90. The maximum atomic E-state index is 2.46. The van der Waals surface area contributed by atoms with Crippen LogP contribution in [-0.2, 0) is 0 Å². The van der Waals surface area contributed by atoms with Crippen molar-refractivity contribution >= 4 is 0 Å². The van der Waals surface area contributed by atoms with Gasteiger partial charge in [-0.1, -0.05) is 34.6 Å². The van der Waals surface area contributed by atoms with Crippen molar-refractivity contribution in [2.75, 3.05) is 0 Å². The molecule has 0 bridgehead atoms. The van der Waals surface area contributed by atoms with Gasteiger partial charge < -0.3 is 0 Å². The zero-order valence-electron chi connectivity index (χ0n) is 7.73. The molecule has 0 amide bonds. The summed E-state index contributed by atoms with van der Waals surface area (Å²) in [5.74, 6) is 2.95. The summed E-state index contributed by atoms with van der Waals surface area (Å²) in [7, 11) is 0. The van der Waals surface area contributed by atoms with Crippen molar-refractivity contribution in [2.24, 2.45) is 28.6 Å². The van der Waals surface area contributed by atoms with E-state index >= 15 is 0 Å². The molecule has 2 saturated carbocycles. The van der Waals surface area contributed by atoms with Crippen LogP contribution in [0.1, 0.15) is 34.6 Å². The third-order valence-corrected chi connectivity index (χ3v) is 4.75. The summed E-state index contributed by atoms with van der Waals surface area (Å²) in [6, 6.07) is 0. The molecule has 0 N–H and O–H groups in total. The van der Waals surface area contributed by atoms with Gasteiger partial charge in [0.05, 0.1) is 0 Å². The molecule has 2 unspecified atom stereocenters. The van der Waals surface area contributed by atoms with Crippen molar-refractivity contribution in [1.29, 1.82) is 0 Å². The van der Waals surface area contributed by atoms with Gasteiger partial charge in [-0.2, -0.15) is 0 Å². The monoisotopic (exact) mass is 138 g/mol. The van der Waals surface area contributed by atoms with Crippen LogP contribution < -0.4 is 0 Å². The van der Waals surface area contributed by atoms with E-state index in [9.17, 15) is 0 Å². The van der Waals surface area contributed by atoms with Crippen molar-refractivity contribution in [3.05, 3.63) is 0 Å². The summed E-state index contributed by atoms with van der Waals surface area (Å²) in [5.41, 5.74) is 1.50. The third kappa shape index (κ3) is 0.360. The Kier molecular flexibility index (Phi) is 0.874. The maximum absolute atomic E-state index is 2.46. The fourth-order valence-corrected chi connectivity index (χ4v) is 3.85. The molecule has 58 valence electrons. The summed E-state index contributed by atoms with van der Waals surface area (Å²) >= 11 is 0. The lowest BCUT2D eigenvalue weighted by molar-refractivity contribution is 0.294. The lowest BCUT2D eigenvalue weighted by Gasteiger charge is -2.18. The molecule has 2 rings (SSSR count). The van der Waals surface area contributed by atoms with Crippen LogP contribution in [0.4, 0.5) is 0 Å². The molecule has 0 aromatic rings. The zero-order valence-corrected chi connectivity index (χ0v) is 7.73. The van der Waals surface area contributed by atoms with Crippen LogP contribution in [0, 0.1) is 28.6 Å². The third-order valence-electron chi connectivity index (χ3n) is 4.75. The van der Waals surface area contributed by atoms with Crippen LogP contribution in [0.15, 0.2) is 0 Å². The highest BCUT2D eigenvalue weighted by atomic mass is 14.9. The lowest BCUT2D eigenvalue weighted by atomic mass is 9.86. The Labute approximate surface area is 64.0 Å². The number of hydrogen-bond acceptors (Lipinski definition) is 0. The van der Waals surface area contributed by atoms with Gasteiger partial charge in [-0.15, -0.1) is 0 Å². The molecule has 2 atom stereocenters. The first-order chi connectivity index (χ1) is 4.47. The van der Waals surface area contributed by atoms with Gasteiger partial charge in [0.1, 0.15) is 0 Å². The Morgan fingerprint density at radius 2 is 1.50 bits per heavy atom. The topological polar surface area (TPSA) is 0 Å². The van der Waals surface area contributed by atoms with E-state index in [0.29, 0.717) is 0 Å². The van der Waals surface area contributed by atoms with E-state index in [1.54, 1.807) is 0 Å². The predicted octanol–water partition coefficient (Wildman–Crippen LogP) is 2.93. The molecule has 0 heterocycles. The molecule has 0 saturated heterocycles. The number of rotatable bonds is 1. The molecule has 2 aliphatic rings. The van der Waals surface area contributed by atoms with Crippen molar-refractivity contribution < 1.29 is 0 Å². The number of fused-ring (bicyclic) bond motifs is 1. The van der Waals surface area contributed by atoms with Crippen LogP contribution in [-0.4, -0.2) is 0 Å². The largest absolute Gasteiger partial charge is 0.0625 e. The van der Waals surface area contributed by atoms with Gasteiger partial charge in [0.25, 0.3) is 0 Å². The van der Waals surface area contributed by atoms with Gasteiger partial charge in [-0.05, 0) is 28.6 Å². The zero-order chi connectivity index (χ0) is 7.73. The van der Waals surface area contributed by atoms with Crippen LogP contribution in [0.5, 0.6) is 0 Å². The first kappa shape index (κ1) is 6.69. The molecular formula is C10H18. The Morgan fingerprint density at radius 3 is 1.60 bits per heavy atom. The van der Waals surface area contributed by atoms with Gasteiger partial charge in [0, 0.05) is 0 Å². The second-order valence-corrected chi connectivity index (χ2v) is 5.01. The summed E-state index contributed by atoms with van der Waals surface area (Å²) in [6.07, 6.45) is 0. The average molecular weight is 138 g/mol. The van der Waals surface area contributed by atoms with E-state index < -0.39 is 0 Å². The first-order valence-electron chi connectivity index (χ1n) is 4.47. The molecule has 0 aromatic carbocycles. The SMILES string of the molecule is CC(C)C1C2(C)C(C)C12C. The minimum absolute atomic E-state index is 0.751. The molecule has 2 aliphatic carbocycles. The van der Waals surface area contributed by atoms with Crippen LogP contribution in [0.25, 0.3) is 0 Å². The second kappa shape index (κ2) is 1.31. The van der Waals surface area contributed by atoms with Crippen LogP contribution in [0.3, 0.4) is 0 Å². The normalized spacial score (nSPS) is 64.2. The molecule has 0 radical (unpaired) electrons. The Bertz CT molecular complexity index is 166. The molecule has 0 aromatic heterocycles. The van der Waals surface area contributed by atoms with Gasteiger partial charge in [-0.3, -0.25) is 0 Å². The smallest absolute Gasteiger partial charge is 0.0199 e.